The number of hydrogen-bond donors (Lipinski definition) is 2. The first kappa shape index (κ1) is 21.6. The lowest BCUT2D eigenvalue weighted by atomic mass is 10.1. The maximum atomic E-state index is 12.8. The van der Waals surface area contributed by atoms with Crippen molar-refractivity contribution in [1.82, 2.24) is 0 Å². The van der Waals surface area contributed by atoms with Gasteiger partial charge in [0.2, 0.25) is 0 Å². The maximum absolute atomic E-state index is 12.8. The van der Waals surface area contributed by atoms with Crippen molar-refractivity contribution in [2.24, 2.45) is 0 Å². The average molecular weight is 438 g/mol. The second-order valence-electron chi connectivity index (χ2n) is 7.12. The molecule has 33 heavy (non-hydrogen) atoms. The highest BCUT2D eigenvalue weighted by Gasteiger charge is 2.12. The van der Waals surface area contributed by atoms with Gasteiger partial charge in [-0.2, -0.15) is 0 Å². The predicted octanol–water partition coefficient (Wildman–Crippen LogP) is 5.99. The van der Waals surface area contributed by atoms with Crippen LogP contribution in [0.3, 0.4) is 0 Å². The van der Waals surface area contributed by atoms with Crippen molar-refractivity contribution in [3.63, 3.8) is 0 Å². The Hall–Kier alpha value is -4.58. The van der Waals surface area contributed by atoms with Gasteiger partial charge in [-0.15, -0.1) is 0 Å². The summed E-state index contributed by atoms with van der Waals surface area (Å²) < 4.78 is 10.9. The Labute approximate surface area is 191 Å². The minimum absolute atomic E-state index is 0.290. The van der Waals surface area contributed by atoms with Crippen LogP contribution in [0.25, 0.3) is 0 Å². The fourth-order valence-electron chi connectivity index (χ4n) is 3.13. The van der Waals surface area contributed by atoms with E-state index in [0.29, 0.717) is 34.0 Å². The van der Waals surface area contributed by atoms with E-state index in [1.165, 1.54) is 0 Å². The lowest BCUT2D eigenvalue weighted by Crippen LogP contribution is -2.16. The lowest BCUT2D eigenvalue weighted by Gasteiger charge is -2.13. The first-order chi connectivity index (χ1) is 16.1. The van der Waals surface area contributed by atoms with E-state index in [0.717, 1.165) is 5.75 Å². The van der Waals surface area contributed by atoms with Gasteiger partial charge in [0.15, 0.2) is 0 Å². The fraction of sp³-hybridized carbons (Fsp3) is 0.0370. The van der Waals surface area contributed by atoms with E-state index >= 15 is 0 Å². The van der Waals surface area contributed by atoms with Crippen molar-refractivity contribution in [3.05, 3.63) is 114 Å². The average Bonchev–Trinajstić information content (AvgIpc) is 2.86. The standard InChI is InChI=1S/C27H22N2O4/c1-32-21-15-11-19(12-16-21)26(30)28-24-9-5-6-10-25(24)29-27(31)20-13-17-23(18-14-20)33-22-7-3-2-4-8-22/h2-18H,1H3,(H,28,30)(H,29,31). The lowest BCUT2D eigenvalue weighted by molar-refractivity contribution is 0.101. The molecule has 0 saturated carbocycles. The summed E-state index contributed by atoms with van der Waals surface area (Å²) in [5.74, 6) is 1.43. The molecule has 4 aromatic rings. The van der Waals surface area contributed by atoms with Crippen LogP contribution in [0.1, 0.15) is 20.7 Å². The molecular weight excluding hydrogens is 416 g/mol. The number of anilines is 2. The highest BCUT2D eigenvalue weighted by atomic mass is 16.5. The van der Waals surface area contributed by atoms with E-state index in [4.69, 9.17) is 9.47 Å². The summed E-state index contributed by atoms with van der Waals surface area (Å²) in [6, 6.07) is 30.1. The zero-order chi connectivity index (χ0) is 23.0. The van der Waals surface area contributed by atoms with Gasteiger partial charge < -0.3 is 20.1 Å². The number of rotatable bonds is 7. The van der Waals surface area contributed by atoms with E-state index in [-0.39, 0.29) is 11.8 Å². The first-order valence-corrected chi connectivity index (χ1v) is 10.3. The fourth-order valence-corrected chi connectivity index (χ4v) is 3.13. The zero-order valence-corrected chi connectivity index (χ0v) is 17.9. The molecular formula is C27H22N2O4. The molecule has 0 saturated heterocycles. The molecule has 0 aliphatic rings. The number of ether oxygens (including phenoxy) is 2. The molecule has 4 aromatic carbocycles. The van der Waals surface area contributed by atoms with Crippen LogP contribution >= 0.6 is 0 Å². The Bertz CT molecular complexity index is 1240. The molecule has 0 aliphatic carbocycles. The molecule has 164 valence electrons. The Balaban J connectivity index is 1.43. The Morgan fingerprint density at radius 2 is 0.970 bits per heavy atom. The van der Waals surface area contributed by atoms with Crippen LogP contribution in [0.2, 0.25) is 0 Å². The Morgan fingerprint density at radius 3 is 1.45 bits per heavy atom. The molecule has 0 fully saturated rings. The highest BCUT2D eigenvalue weighted by molar-refractivity contribution is 6.10. The minimum Gasteiger partial charge on any atom is -0.497 e. The summed E-state index contributed by atoms with van der Waals surface area (Å²) in [5, 5.41) is 5.70. The second-order valence-corrected chi connectivity index (χ2v) is 7.12. The molecule has 6 nitrogen and oxygen atoms in total. The van der Waals surface area contributed by atoms with Crippen molar-refractivity contribution in [1.29, 1.82) is 0 Å². The summed E-state index contributed by atoms with van der Waals surface area (Å²) >= 11 is 0. The third-order valence-electron chi connectivity index (χ3n) is 4.87. The molecule has 2 amide bonds. The molecule has 6 heteroatoms. The summed E-state index contributed by atoms with van der Waals surface area (Å²) in [4.78, 5) is 25.4. The van der Waals surface area contributed by atoms with Crippen LogP contribution in [-0.2, 0) is 0 Å². The van der Waals surface area contributed by atoms with Crippen molar-refractivity contribution < 1.29 is 19.1 Å². The SMILES string of the molecule is COc1ccc(C(=O)Nc2ccccc2NC(=O)c2ccc(Oc3ccccc3)cc2)cc1. The number of methoxy groups -OCH3 is 1. The monoisotopic (exact) mass is 438 g/mol. The largest absolute Gasteiger partial charge is 0.497 e. The summed E-state index contributed by atoms with van der Waals surface area (Å²) in [5.41, 5.74) is 1.93. The van der Waals surface area contributed by atoms with Gasteiger partial charge in [-0.1, -0.05) is 30.3 Å². The van der Waals surface area contributed by atoms with Gasteiger partial charge in [0.05, 0.1) is 18.5 Å². The van der Waals surface area contributed by atoms with Crippen LogP contribution in [0.5, 0.6) is 17.2 Å². The highest BCUT2D eigenvalue weighted by Crippen LogP contribution is 2.25. The number of carbonyl (C=O) groups excluding carboxylic acids is 2. The molecule has 0 heterocycles. The van der Waals surface area contributed by atoms with Crippen molar-refractivity contribution in [2.75, 3.05) is 17.7 Å². The van der Waals surface area contributed by atoms with Crippen molar-refractivity contribution in [3.8, 4) is 17.2 Å². The van der Waals surface area contributed by atoms with Crippen LogP contribution < -0.4 is 20.1 Å². The number of benzene rings is 4. The van der Waals surface area contributed by atoms with Gasteiger partial charge in [0.1, 0.15) is 17.2 Å². The summed E-state index contributed by atoms with van der Waals surface area (Å²) in [6.45, 7) is 0. The predicted molar refractivity (Wildman–Crippen MR) is 128 cm³/mol. The molecule has 4 rings (SSSR count). The summed E-state index contributed by atoms with van der Waals surface area (Å²) in [6.07, 6.45) is 0. The van der Waals surface area contributed by atoms with Crippen LogP contribution in [-0.4, -0.2) is 18.9 Å². The Morgan fingerprint density at radius 1 is 0.545 bits per heavy atom. The van der Waals surface area contributed by atoms with Gasteiger partial charge in [0.25, 0.3) is 11.8 Å². The van der Waals surface area contributed by atoms with Gasteiger partial charge in [-0.25, -0.2) is 0 Å². The quantitative estimate of drug-likeness (QED) is 0.371. The van der Waals surface area contributed by atoms with E-state index < -0.39 is 0 Å². The van der Waals surface area contributed by atoms with E-state index in [9.17, 15) is 9.59 Å². The number of amides is 2. The maximum Gasteiger partial charge on any atom is 0.255 e. The number of nitrogens with one attached hydrogen (secondary N) is 2. The molecule has 2 N–H and O–H groups in total. The normalized spacial score (nSPS) is 10.2. The molecule has 0 atom stereocenters. The molecule has 0 spiro atoms. The van der Waals surface area contributed by atoms with Crippen LogP contribution in [0.4, 0.5) is 11.4 Å². The first-order valence-electron chi connectivity index (χ1n) is 10.3. The minimum atomic E-state index is -0.299. The third-order valence-corrected chi connectivity index (χ3v) is 4.87. The molecule has 0 unspecified atom stereocenters. The van der Waals surface area contributed by atoms with E-state index in [1.54, 1.807) is 79.9 Å². The van der Waals surface area contributed by atoms with Crippen LogP contribution in [0, 0.1) is 0 Å². The molecule has 0 bridgehead atoms. The summed E-state index contributed by atoms with van der Waals surface area (Å²) in [7, 11) is 1.57. The third kappa shape index (κ3) is 5.57. The zero-order valence-electron chi connectivity index (χ0n) is 17.9. The van der Waals surface area contributed by atoms with Crippen molar-refractivity contribution in [2.45, 2.75) is 0 Å². The second kappa shape index (κ2) is 10.2. The van der Waals surface area contributed by atoms with E-state index in [2.05, 4.69) is 10.6 Å². The van der Waals surface area contributed by atoms with Gasteiger partial charge in [-0.3, -0.25) is 9.59 Å². The molecule has 0 radical (unpaired) electrons. The van der Waals surface area contributed by atoms with Gasteiger partial charge in [-0.05, 0) is 72.8 Å². The van der Waals surface area contributed by atoms with Gasteiger partial charge >= 0.3 is 0 Å². The number of hydrogen-bond acceptors (Lipinski definition) is 4. The number of para-hydroxylation sites is 3. The number of carbonyl (C=O) groups is 2. The van der Waals surface area contributed by atoms with E-state index in [1.807, 2.05) is 30.3 Å². The van der Waals surface area contributed by atoms with Gasteiger partial charge in [0, 0.05) is 11.1 Å². The van der Waals surface area contributed by atoms with Crippen LogP contribution in [0.15, 0.2) is 103 Å². The topological polar surface area (TPSA) is 76.7 Å². The smallest absolute Gasteiger partial charge is 0.255 e. The molecule has 0 aliphatic heterocycles. The molecule has 0 aromatic heterocycles. The van der Waals surface area contributed by atoms with Crippen molar-refractivity contribution >= 4 is 23.2 Å². The Kier molecular flexibility index (Phi) is 6.66.